The van der Waals surface area contributed by atoms with E-state index >= 15 is 0 Å². The van der Waals surface area contributed by atoms with Crippen LogP contribution in [0.25, 0.3) is 11.0 Å². The number of aromatic amines is 1. The van der Waals surface area contributed by atoms with Gasteiger partial charge in [-0.2, -0.15) is 0 Å². The fraction of sp³-hybridized carbons (Fsp3) is 0.188. The van der Waals surface area contributed by atoms with Gasteiger partial charge in [-0.1, -0.05) is 0 Å². The lowest BCUT2D eigenvalue weighted by atomic mass is 10.1. The summed E-state index contributed by atoms with van der Waals surface area (Å²) in [6.07, 6.45) is 1.90. The van der Waals surface area contributed by atoms with Crippen LogP contribution in [0.2, 0.25) is 0 Å². The summed E-state index contributed by atoms with van der Waals surface area (Å²) in [5.41, 5.74) is 2.56. The molecule has 1 aromatic carbocycles. The summed E-state index contributed by atoms with van der Waals surface area (Å²) in [6, 6.07) is 5.59. The van der Waals surface area contributed by atoms with Gasteiger partial charge in [0.2, 0.25) is 5.95 Å². The van der Waals surface area contributed by atoms with Gasteiger partial charge in [-0.25, -0.2) is 9.97 Å². The third-order valence-corrected chi connectivity index (χ3v) is 4.77. The molecule has 0 unspecified atom stereocenters. The van der Waals surface area contributed by atoms with Crippen molar-refractivity contribution in [3.63, 3.8) is 0 Å². The highest BCUT2D eigenvalue weighted by Crippen LogP contribution is 2.35. The van der Waals surface area contributed by atoms with E-state index < -0.39 is 0 Å². The van der Waals surface area contributed by atoms with E-state index in [-0.39, 0.29) is 5.56 Å². The fourth-order valence-corrected chi connectivity index (χ4v) is 4.09. The minimum atomic E-state index is -0.290. The van der Waals surface area contributed by atoms with Crippen molar-refractivity contribution in [1.82, 2.24) is 15.0 Å². The van der Waals surface area contributed by atoms with Crippen LogP contribution in [0.5, 0.6) is 5.75 Å². The van der Waals surface area contributed by atoms with Crippen molar-refractivity contribution in [3.05, 3.63) is 54.8 Å². The van der Waals surface area contributed by atoms with Crippen molar-refractivity contribution in [2.24, 2.45) is 0 Å². The van der Waals surface area contributed by atoms with Crippen molar-refractivity contribution in [1.29, 1.82) is 0 Å². The first kappa shape index (κ1) is 16.9. The molecule has 0 amide bonds. The molecule has 3 rings (SSSR count). The zero-order valence-electron chi connectivity index (χ0n) is 13.0. The molecule has 0 aliphatic heterocycles. The number of hydrogen-bond acceptors (Lipinski definition) is 5. The van der Waals surface area contributed by atoms with E-state index in [1.165, 1.54) is 6.20 Å². The summed E-state index contributed by atoms with van der Waals surface area (Å²) in [5.74, 6) is 1.31. The molecule has 124 valence electrons. The van der Waals surface area contributed by atoms with Crippen LogP contribution in [0.4, 0.5) is 5.95 Å². The lowest BCUT2D eigenvalue weighted by Gasteiger charge is -2.09. The van der Waals surface area contributed by atoms with Crippen molar-refractivity contribution in [2.75, 3.05) is 19.5 Å². The lowest BCUT2D eigenvalue weighted by molar-refractivity contribution is 0.409. The molecule has 0 aliphatic carbocycles. The highest BCUT2D eigenvalue weighted by molar-refractivity contribution is 9.11. The van der Waals surface area contributed by atoms with E-state index in [0.29, 0.717) is 29.2 Å². The van der Waals surface area contributed by atoms with Crippen LogP contribution in [0.3, 0.4) is 0 Å². The van der Waals surface area contributed by atoms with Gasteiger partial charge >= 0.3 is 0 Å². The Morgan fingerprint density at radius 1 is 1.29 bits per heavy atom. The van der Waals surface area contributed by atoms with E-state index in [0.717, 1.165) is 20.0 Å². The number of imidazole rings is 1. The fourth-order valence-electron chi connectivity index (χ4n) is 2.49. The summed E-state index contributed by atoms with van der Waals surface area (Å²) in [4.78, 5) is 23.9. The van der Waals surface area contributed by atoms with Gasteiger partial charge in [-0.15, -0.1) is 0 Å². The summed E-state index contributed by atoms with van der Waals surface area (Å²) in [5, 5.41) is 2.95. The second-order valence-electron chi connectivity index (χ2n) is 5.10. The Morgan fingerprint density at radius 2 is 2.00 bits per heavy atom. The standard InChI is InChI=1S/C16H14Br2N4O2/c1-19-16-21-12-3-4-20-15(23)9(13(12)22-16)5-8-6-10(17)14(24-2)11(18)7-8/h3-4,6-7H,5H2,1-2H3,(H2,19,21,22). The Morgan fingerprint density at radius 3 is 2.62 bits per heavy atom. The van der Waals surface area contributed by atoms with Gasteiger partial charge in [-0.05, 0) is 55.6 Å². The number of halogens is 2. The molecule has 0 saturated heterocycles. The summed E-state index contributed by atoms with van der Waals surface area (Å²) in [7, 11) is 3.37. The number of anilines is 1. The number of H-pyrrole nitrogens is 1. The number of methoxy groups -OCH3 is 1. The minimum Gasteiger partial charge on any atom is -0.494 e. The van der Waals surface area contributed by atoms with Crippen LogP contribution >= 0.6 is 31.9 Å². The molecule has 0 aliphatic rings. The largest absolute Gasteiger partial charge is 0.494 e. The van der Waals surface area contributed by atoms with Crippen LogP contribution < -0.4 is 15.6 Å². The summed E-state index contributed by atoms with van der Waals surface area (Å²) < 4.78 is 6.93. The topological polar surface area (TPSA) is 79.9 Å². The van der Waals surface area contributed by atoms with Gasteiger partial charge in [0.05, 0.1) is 32.7 Å². The first-order valence-electron chi connectivity index (χ1n) is 7.11. The number of nitrogens with one attached hydrogen (secondary N) is 2. The molecule has 3 aromatic rings. The number of fused-ring (bicyclic) bond motifs is 1. The SMILES string of the molecule is CNc1nc2c(Cc3cc(Br)c(OC)c(Br)c3)c(=O)nccc2[nH]1. The van der Waals surface area contributed by atoms with Gasteiger partial charge in [-0.3, -0.25) is 4.79 Å². The van der Waals surface area contributed by atoms with Crippen LogP contribution in [0.1, 0.15) is 11.1 Å². The Bertz CT molecular complexity index is 949. The summed E-state index contributed by atoms with van der Waals surface area (Å²) in [6.45, 7) is 0. The Kier molecular flexibility index (Phi) is 4.86. The van der Waals surface area contributed by atoms with Crippen molar-refractivity contribution < 1.29 is 4.74 Å². The Balaban J connectivity index is 2.15. The smallest absolute Gasteiger partial charge is 0.275 e. The lowest BCUT2D eigenvalue weighted by Crippen LogP contribution is -2.10. The predicted octanol–water partition coefficient (Wildman–Crippen LogP) is 3.48. The van der Waals surface area contributed by atoms with Crippen molar-refractivity contribution >= 4 is 48.8 Å². The monoisotopic (exact) mass is 452 g/mol. The molecule has 2 aromatic heterocycles. The van der Waals surface area contributed by atoms with E-state index in [1.807, 2.05) is 12.1 Å². The zero-order chi connectivity index (χ0) is 17.3. The number of ether oxygens (including phenoxy) is 1. The maximum Gasteiger partial charge on any atom is 0.275 e. The van der Waals surface area contributed by atoms with E-state index in [9.17, 15) is 4.79 Å². The minimum absolute atomic E-state index is 0.290. The first-order chi connectivity index (χ1) is 11.5. The van der Waals surface area contributed by atoms with Gasteiger partial charge in [0, 0.05) is 19.7 Å². The van der Waals surface area contributed by atoms with Gasteiger partial charge in [0.15, 0.2) is 0 Å². The third-order valence-electron chi connectivity index (χ3n) is 3.59. The van der Waals surface area contributed by atoms with Gasteiger partial charge in [0.25, 0.3) is 5.56 Å². The quantitative estimate of drug-likeness (QED) is 0.632. The second-order valence-corrected chi connectivity index (χ2v) is 6.80. The maximum atomic E-state index is 12.4. The number of rotatable bonds is 4. The van der Waals surface area contributed by atoms with Gasteiger partial charge in [0.1, 0.15) is 5.75 Å². The number of benzene rings is 1. The van der Waals surface area contributed by atoms with Crippen molar-refractivity contribution in [2.45, 2.75) is 6.42 Å². The molecular weight excluding hydrogens is 440 g/mol. The predicted molar refractivity (Wildman–Crippen MR) is 101 cm³/mol. The Labute approximate surface area is 154 Å². The molecule has 24 heavy (non-hydrogen) atoms. The normalized spacial score (nSPS) is 10.8. The molecule has 8 heteroatoms. The van der Waals surface area contributed by atoms with E-state index in [2.05, 4.69) is 52.1 Å². The third kappa shape index (κ3) is 3.16. The average molecular weight is 454 g/mol. The van der Waals surface area contributed by atoms with Crippen molar-refractivity contribution in [3.8, 4) is 5.75 Å². The molecule has 0 atom stereocenters. The van der Waals surface area contributed by atoms with Crippen LogP contribution in [0.15, 0.2) is 38.1 Å². The Hall–Kier alpha value is -1.93. The molecule has 2 heterocycles. The van der Waals surface area contributed by atoms with E-state index in [4.69, 9.17) is 4.74 Å². The molecule has 0 fully saturated rings. The number of aromatic nitrogens is 3. The highest BCUT2D eigenvalue weighted by Gasteiger charge is 2.14. The molecule has 2 N–H and O–H groups in total. The first-order valence-corrected chi connectivity index (χ1v) is 8.69. The van der Waals surface area contributed by atoms with Crippen LogP contribution in [-0.4, -0.2) is 29.1 Å². The zero-order valence-corrected chi connectivity index (χ0v) is 16.2. The van der Waals surface area contributed by atoms with Gasteiger partial charge < -0.3 is 15.0 Å². The average Bonchev–Trinajstić information content (AvgIpc) is 2.89. The number of hydrogen-bond donors (Lipinski definition) is 2. The van der Waals surface area contributed by atoms with E-state index in [1.54, 1.807) is 20.2 Å². The molecule has 0 radical (unpaired) electrons. The second kappa shape index (κ2) is 6.90. The molecule has 0 spiro atoms. The molecule has 6 nitrogen and oxygen atoms in total. The molecule has 0 saturated carbocycles. The molecule has 0 bridgehead atoms. The number of nitrogens with zero attached hydrogens (tertiary/aromatic N) is 2. The summed E-state index contributed by atoms with van der Waals surface area (Å²) >= 11 is 6.97. The highest BCUT2D eigenvalue weighted by atomic mass is 79.9. The van der Waals surface area contributed by atoms with Crippen LogP contribution in [-0.2, 0) is 6.42 Å². The van der Waals surface area contributed by atoms with Crippen LogP contribution in [0, 0.1) is 0 Å². The molecular formula is C16H14Br2N4O2. The maximum absolute atomic E-state index is 12.4.